The van der Waals surface area contributed by atoms with Gasteiger partial charge >= 0.3 is 5.97 Å². The molecule has 1 heterocycles. The summed E-state index contributed by atoms with van der Waals surface area (Å²) in [5.41, 5.74) is 5.86. The number of carboxylic acid groups (broad SMARTS) is 1. The lowest BCUT2D eigenvalue weighted by Gasteiger charge is -2.13. The molecule has 0 bridgehead atoms. The molecule has 0 aliphatic rings. The van der Waals surface area contributed by atoms with Gasteiger partial charge in [-0.05, 0) is 13.0 Å². The second-order valence-corrected chi connectivity index (χ2v) is 3.62. The molecule has 17 heavy (non-hydrogen) atoms. The van der Waals surface area contributed by atoms with E-state index in [1.807, 2.05) is 0 Å². The van der Waals surface area contributed by atoms with Crippen LogP contribution in [0.5, 0.6) is 0 Å². The fourth-order valence-corrected chi connectivity index (χ4v) is 1.34. The number of amides is 1. The highest BCUT2D eigenvalue weighted by Crippen LogP contribution is 1.99. The number of nitrogens with one attached hydrogen (secondary N) is 2. The first kappa shape index (κ1) is 13.2. The van der Waals surface area contributed by atoms with Crippen molar-refractivity contribution in [3.63, 3.8) is 0 Å². The van der Waals surface area contributed by atoms with E-state index in [1.165, 1.54) is 6.33 Å². The zero-order chi connectivity index (χ0) is 12.7. The monoisotopic (exact) mass is 240 g/mol. The Morgan fingerprint density at radius 1 is 1.59 bits per heavy atom. The second kappa shape index (κ2) is 6.64. The van der Waals surface area contributed by atoms with Gasteiger partial charge in [-0.2, -0.15) is 0 Å². The standard InChI is InChI=1S/C10H16N4O3/c11-3-1-2-9(15)14-8(10(16)17)4-7-5-12-6-13-7/h5-6,8H,1-4,11H2,(H,12,13)(H,14,15)(H,16,17)/t8-/m0/s1. The minimum atomic E-state index is -1.07. The van der Waals surface area contributed by atoms with E-state index in [1.54, 1.807) is 6.20 Å². The number of H-pyrrole nitrogens is 1. The van der Waals surface area contributed by atoms with Crippen molar-refractivity contribution in [2.45, 2.75) is 25.3 Å². The van der Waals surface area contributed by atoms with Gasteiger partial charge in [-0.15, -0.1) is 0 Å². The Hall–Kier alpha value is -1.89. The molecule has 94 valence electrons. The molecule has 7 heteroatoms. The summed E-state index contributed by atoms with van der Waals surface area (Å²) in [6.07, 6.45) is 4.00. The van der Waals surface area contributed by atoms with Crippen LogP contribution in [0.2, 0.25) is 0 Å². The van der Waals surface area contributed by atoms with Crippen LogP contribution in [0.4, 0.5) is 0 Å². The topological polar surface area (TPSA) is 121 Å². The Morgan fingerprint density at radius 3 is 2.88 bits per heavy atom. The van der Waals surface area contributed by atoms with Crippen molar-refractivity contribution >= 4 is 11.9 Å². The van der Waals surface area contributed by atoms with E-state index in [2.05, 4.69) is 15.3 Å². The van der Waals surface area contributed by atoms with E-state index in [9.17, 15) is 9.59 Å². The maximum Gasteiger partial charge on any atom is 0.326 e. The van der Waals surface area contributed by atoms with E-state index in [-0.39, 0.29) is 18.7 Å². The van der Waals surface area contributed by atoms with Gasteiger partial charge in [-0.25, -0.2) is 9.78 Å². The summed E-state index contributed by atoms with van der Waals surface area (Å²) in [7, 11) is 0. The molecule has 0 fully saturated rings. The maximum absolute atomic E-state index is 11.4. The molecule has 0 unspecified atom stereocenters. The minimum absolute atomic E-state index is 0.160. The highest BCUT2D eigenvalue weighted by Gasteiger charge is 2.20. The van der Waals surface area contributed by atoms with E-state index in [0.717, 1.165) is 0 Å². The van der Waals surface area contributed by atoms with Crippen LogP contribution in [-0.4, -0.2) is 39.5 Å². The first-order valence-corrected chi connectivity index (χ1v) is 5.33. The number of hydrogen-bond acceptors (Lipinski definition) is 4. The number of carbonyl (C=O) groups excluding carboxylic acids is 1. The van der Waals surface area contributed by atoms with Gasteiger partial charge in [0.25, 0.3) is 0 Å². The molecule has 7 nitrogen and oxygen atoms in total. The summed E-state index contributed by atoms with van der Waals surface area (Å²) >= 11 is 0. The third kappa shape index (κ3) is 4.64. The Bertz CT molecular complexity index is 364. The lowest BCUT2D eigenvalue weighted by Crippen LogP contribution is -2.42. The van der Waals surface area contributed by atoms with Crippen molar-refractivity contribution in [2.24, 2.45) is 5.73 Å². The number of hydrogen-bond donors (Lipinski definition) is 4. The van der Waals surface area contributed by atoms with E-state index in [0.29, 0.717) is 18.7 Å². The number of carbonyl (C=O) groups is 2. The molecule has 1 aromatic rings. The van der Waals surface area contributed by atoms with Gasteiger partial charge in [-0.3, -0.25) is 4.79 Å². The van der Waals surface area contributed by atoms with Crippen molar-refractivity contribution in [3.8, 4) is 0 Å². The summed E-state index contributed by atoms with van der Waals surface area (Å²) in [5, 5.41) is 11.4. The van der Waals surface area contributed by atoms with Gasteiger partial charge in [0, 0.05) is 19.0 Å². The van der Waals surface area contributed by atoms with Crippen molar-refractivity contribution in [1.82, 2.24) is 15.3 Å². The Kier molecular flexibility index (Phi) is 5.15. The fraction of sp³-hybridized carbons (Fsp3) is 0.500. The summed E-state index contributed by atoms with van der Waals surface area (Å²) < 4.78 is 0. The van der Waals surface area contributed by atoms with Crippen LogP contribution in [0.15, 0.2) is 12.5 Å². The first-order chi connectivity index (χ1) is 8.13. The van der Waals surface area contributed by atoms with Gasteiger partial charge < -0.3 is 21.1 Å². The zero-order valence-corrected chi connectivity index (χ0v) is 9.35. The third-order valence-electron chi connectivity index (χ3n) is 2.21. The molecule has 1 rings (SSSR count). The minimum Gasteiger partial charge on any atom is -0.480 e. The molecule has 0 aromatic carbocycles. The molecule has 5 N–H and O–H groups in total. The molecule has 0 spiro atoms. The van der Waals surface area contributed by atoms with Crippen LogP contribution < -0.4 is 11.1 Å². The number of imidazole rings is 1. The number of carboxylic acids is 1. The zero-order valence-electron chi connectivity index (χ0n) is 9.35. The summed E-state index contributed by atoms with van der Waals surface area (Å²) in [6, 6.07) is -0.955. The Morgan fingerprint density at radius 2 is 2.35 bits per heavy atom. The van der Waals surface area contributed by atoms with Crippen LogP contribution in [0.3, 0.4) is 0 Å². The molecule has 0 aliphatic heterocycles. The van der Waals surface area contributed by atoms with Crippen LogP contribution in [0, 0.1) is 0 Å². The smallest absolute Gasteiger partial charge is 0.326 e. The molecule has 0 saturated heterocycles. The normalized spacial score (nSPS) is 12.1. The molecular formula is C10H16N4O3. The summed E-state index contributed by atoms with van der Waals surface area (Å²) in [5.74, 6) is -1.38. The average molecular weight is 240 g/mol. The second-order valence-electron chi connectivity index (χ2n) is 3.62. The van der Waals surface area contributed by atoms with Crippen LogP contribution in [0.1, 0.15) is 18.5 Å². The van der Waals surface area contributed by atoms with Gasteiger partial charge in [0.1, 0.15) is 6.04 Å². The number of nitrogens with two attached hydrogens (primary N) is 1. The molecule has 1 aromatic heterocycles. The fourth-order valence-electron chi connectivity index (χ4n) is 1.34. The average Bonchev–Trinajstić information content (AvgIpc) is 2.78. The number of aromatic amines is 1. The van der Waals surface area contributed by atoms with Crippen molar-refractivity contribution in [1.29, 1.82) is 0 Å². The Labute approximate surface area is 98.4 Å². The predicted molar refractivity (Wildman–Crippen MR) is 60.1 cm³/mol. The van der Waals surface area contributed by atoms with Crippen LogP contribution >= 0.6 is 0 Å². The molecular weight excluding hydrogens is 224 g/mol. The SMILES string of the molecule is NCCCC(=O)N[C@@H](Cc1c[nH]cn1)C(=O)O. The van der Waals surface area contributed by atoms with Crippen LogP contribution in [-0.2, 0) is 16.0 Å². The number of aliphatic carboxylic acids is 1. The molecule has 0 aliphatic carbocycles. The highest BCUT2D eigenvalue weighted by atomic mass is 16.4. The lowest BCUT2D eigenvalue weighted by molar-refractivity contribution is -0.141. The highest BCUT2D eigenvalue weighted by molar-refractivity contribution is 5.83. The van der Waals surface area contributed by atoms with Crippen molar-refractivity contribution in [2.75, 3.05) is 6.54 Å². The quantitative estimate of drug-likeness (QED) is 0.500. The van der Waals surface area contributed by atoms with Crippen molar-refractivity contribution < 1.29 is 14.7 Å². The largest absolute Gasteiger partial charge is 0.480 e. The number of aromatic nitrogens is 2. The number of nitrogens with zero attached hydrogens (tertiary/aromatic N) is 1. The van der Waals surface area contributed by atoms with E-state index < -0.39 is 12.0 Å². The van der Waals surface area contributed by atoms with Crippen molar-refractivity contribution in [3.05, 3.63) is 18.2 Å². The van der Waals surface area contributed by atoms with E-state index >= 15 is 0 Å². The molecule has 1 amide bonds. The summed E-state index contributed by atoms with van der Waals surface area (Å²) in [6.45, 7) is 0.407. The maximum atomic E-state index is 11.4. The molecule has 0 radical (unpaired) electrons. The summed E-state index contributed by atoms with van der Waals surface area (Å²) in [4.78, 5) is 29.0. The third-order valence-corrected chi connectivity index (χ3v) is 2.21. The predicted octanol–water partition coefficient (Wildman–Crippen LogP) is -0.739. The Balaban J connectivity index is 2.49. The number of rotatable bonds is 7. The lowest BCUT2D eigenvalue weighted by atomic mass is 10.1. The van der Waals surface area contributed by atoms with E-state index in [4.69, 9.17) is 10.8 Å². The van der Waals surface area contributed by atoms with Gasteiger partial charge in [0.2, 0.25) is 5.91 Å². The molecule has 0 saturated carbocycles. The van der Waals surface area contributed by atoms with Gasteiger partial charge in [-0.1, -0.05) is 0 Å². The molecule has 1 atom stereocenters. The van der Waals surface area contributed by atoms with Gasteiger partial charge in [0.05, 0.1) is 12.0 Å². The van der Waals surface area contributed by atoms with Gasteiger partial charge in [0.15, 0.2) is 0 Å². The van der Waals surface area contributed by atoms with Crippen LogP contribution in [0.25, 0.3) is 0 Å². The first-order valence-electron chi connectivity index (χ1n) is 5.33.